The Kier molecular flexibility index (Phi) is 6.64. The number of nitrogens with one attached hydrogen (secondary N) is 3. The van der Waals surface area contributed by atoms with Crippen LogP contribution in [0.2, 0.25) is 5.02 Å². The molecule has 2 aromatic heterocycles. The van der Waals surface area contributed by atoms with Crippen molar-refractivity contribution in [1.29, 1.82) is 0 Å². The number of aromatic nitrogens is 4. The van der Waals surface area contributed by atoms with E-state index in [-0.39, 0.29) is 18.3 Å². The minimum atomic E-state index is -0.645. The van der Waals surface area contributed by atoms with Gasteiger partial charge in [-0.1, -0.05) is 11.6 Å². The van der Waals surface area contributed by atoms with Crippen molar-refractivity contribution in [3.05, 3.63) is 52.9 Å². The molecule has 13 heteroatoms. The normalized spacial score (nSPS) is 13.6. The van der Waals surface area contributed by atoms with Gasteiger partial charge in [0.05, 0.1) is 11.9 Å². The largest absolute Gasteiger partial charge is 0.418 e. The van der Waals surface area contributed by atoms with E-state index in [2.05, 4.69) is 35.9 Å². The van der Waals surface area contributed by atoms with Crippen LogP contribution in [0.3, 0.4) is 0 Å². The first-order valence-corrected chi connectivity index (χ1v) is 12.1. The molecule has 0 aliphatic carbocycles. The number of thiazole rings is 1. The second kappa shape index (κ2) is 10.2. The summed E-state index contributed by atoms with van der Waals surface area (Å²) in [6.45, 7) is 2.67. The molecule has 4 aromatic rings. The van der Waals surface area contributed by atoms with Crippen molar-refractivity contribution in [2.45, 2.75) is 0 Å². The predicted octanol–water partition coefficient (Wildman–Crippen LogP) is 3.44. The van der Waals surface area contributed by atoms with Gasteiger partial charge in [-0.05, 0) is 42.5 Å². The Morgan fingerprint density at radius 3 is 2.57 bits per heavy atom. The van der Waals surface area contributed by atoms with E-state index in [0.717, 1.165) is 10.8 Å². The first kappa shape index (κ1) is 22.9. The van der Waals surface area contributed by atoms with Crippen LogP contribution in [0.15, 0.2) is 47.8 Å². The molecular weight excluding hydrogens is 492 g/mol. The lowest BCUT2D eigenvalue weighted by atomic mass is 10.3. The first-order chi connectivity index (χ1) is 17.0. The number of aromatic amines is 1. The Morgan fingerprint density at radius 1 is 1.03 bits per heavy atom. The molecule has 1 fully saturated rings. The zero-order chi connectivity index (χ0) is 24.2. The average molecular weight is 513 g/mol. The van der Waals surface area contributed by atoms with E-state index in [0.29, 0.717) is 47.9 Å². The maximum absolute atomic E-state index is 12.5. The van der Waals surface area contributed by atoms with Gasteiger partial charge in [-0.15, -0.1) is 11.3 Å². The highest BCUT2D eigenvalue weighted by Crippen LogP contribution is 2.26. The highest BCUT2D eigenvalue weighted by molar-refractivity contribution is 7.13. The van der Waals surface area contributed by atoms with Crippen molar-refractivity contribution in [1.82, 2.24) is 25.3 Å². The van der Waals surface area contributed by atoms with Crippen LogP contribution < -0.4 is 20.3 Å². The maximum Gasteiger partial charge on any atom is 0.418 e. The van der Waals surface area contributed by atoms with Gasteiger partial charge in [0.1, 0.15) is 11.0 Å². The number of anilines is 3. The van der Waals surface area contributed by atoms with Crippen molar-refractivity contribution < 1.29 is 14.3 Å². The van der Waals surface area contributed by atoms with Gasteiger partial charge >= 0.3 is 6.09 Å². The van der Waals surface area contributed by atoms with E-state index in [1.54, 1.807) is 35.7 Å². The molecule has 0 unspecified atom stereocenters. The summed E-state index contributed by atoms with van der Waals surface area (Å²) in [7, 11) is 0. The molecule has 1 aliphatic heterocycles. The minimum absolute atomic E-state index is 0.0308. The van der Waals surface area contributed by atoms with Gasteiger partial charge < -0.3 is 19.9 Å². The number of benzene rings is 2. The second-order valence-electron chi connectivity index (χ2n) is 7.74. The molecule has 0 bridgehead atoms. The van der Waals surface area contributed by atoms with Crippen LogP contribution >= 0.6 is 22.9 Å². The monoisotopic (exact) mass is 512 g/mol. The summed E-state index contributed by atoms with van der Waals surface area (Å²) in [6, 6.07) is 12.4. The predicted molar refractivity (Wildman–Crippen MR) is 134 cm³/mol. The Balaban J connectivity index is 1.09. The van der Waals surface area contributed by atoms with Crippen molar-refractivity contribution in [2.24, 2.45) is 0 Å². The smallest absolute Gasteiger partial charge is 0.390 e. The molecule has 180 valence electrons. The van der Waals surface area contributed by atoms with E-state index in [9.17, 15) is 9.59 Å². The zero-order valence-electron chi connectivity index (χ0n) is 18.4. The Bertz CT molecular complexity index is 1330. The molecule has 0 spiro atoms. The number of carbonyl (C=O) groups excluding carboxylic acids is 2. The Labute approximate surface area is 209 Å². The van der Waals surface area contributed by atoms with Crippen LogP contribution in [0.1, 0.15) is 0 Å². The number of piperazine rings is 1. The third-order valence-electron chi connectivity index (χ3n) is 5.42. The van der Waals surface area contributed by atoms with Crippen molar-refractivity contribution in [3.8, 4) is 5.88 Å². The fourth-order valence-electron chi connectivity index (χ4n) is 3.60. The van der Waals surface area contributed by atoms with E-state index in [1.807, 2.05) is 17.0 Å². The number of fused-ring (bicyclic) bond motifs is 1. The number of hydrogen-bond donors (Lipinski definition) is 3. The summed E-state index contributed by atoms with van der Waals surface area (Å²) in [6.07, 6.45) is -0.645. The van der Waals surface area contributed by atoms with E-state index >= 15 is 0 Å². The number of H-pyrrole nitrogens is 1. The van der Waals surface area contributed by atoms with Crippen molar-refractivity contribution in [3.63, 3.8) is 0 Å². The number of nitrogens with zero attached hydrogens (tertiary/aromatic N) is 5. The van der Waals surface area contributed by atoms with E-state index in [1.165, 1.54) is 11.3 Å². The molecule has 11 nitrogen and oxygen atoms in total. The maximum atomic E-state index is 12.5. The molecule has 0 radical (unpaired) electrons. The summed E-state index contributed by atoms with van der Waals surface area (Å²) in [5.41, 5.74) is 2.72. The molecular formula is C22H21ClN8O3S. The van der Waals surface area contributed by atoms with E-state index < -0.39 is 6.09 Å². The Hall–Kier alpha value is -3.90. The fourth-order valence-corrected chi connectivity index (χ4v) is 4.51. The van der Waals surface area contributed by atoms with Gasteiger partial charge in [-0.2, -0.15) is 20.4 Å². The van der Waals surface area contributed by atoms with Crippen LogP contribution in [0.4, 0.5) is 21.3 Å². The zero-order valence-corrected chi connectivity index (χ0v) is 20.0. The quantitative estimate of drug-likeness (QED) is 0.358. The second-order valence-corrected chi connectivity index (χ2v) is 9.01. The van der Waals surface area contributed by atoms with Gasteiger partial charge in [-0.3, -0.25) is 10.1 Å². The van der Waals surface area contributed by atoms with Crippen LogP contribution in [0, 0.1) is 0 Å². The van der Waals surface area contributed by atoms with Crippen LogP contribution in [-0.4, -0.2) is 70.0 Å². The molecule has 0 atom stereocenters. The fraction of sp³-hybridized carbons (Fsp3) is 0.227. The molecule has 3 N–H and O–H groups in total. The molecule has 0 saturated carbocycles. The number of hydrogen-bond acceptors (Lipinski definition) is 9. The van der Waals surface area contributed by atoms with Crippen molar-refractivity contribution >= 4 is 62.5 Å². The van der Waals surface area contributed by atoms with Crippen molar-refractivity contribution in [2.75, 3.05) is 48.3 Å². The van der Waals surface area contributed by atoms with Gasteiger partial charge in [0, 0.05) is 42.6 Å². The van der Waals surface area contributed by atoms with Crippen LogP contribution in [-0.2, 0) is 4.79 Å². The third kappa shape index (κ3) is 5.61. The molecule has 1 aliphatic rings. The summed E-state index contributed by atoms with van der Waals surface area (Å²) >= 11 is 7.28. The molecule has 1 saturated heterocycles. The number of ether oxygens (including phenoxy) is 1. The highest BCUT2D eigenvalue weighted by Gasteiger charge is 2.23. The SMILES string of the molecule is O=C(Nc1ccc2n[nH]nc2c1)Oc1csc(N2CCN(C(=O)CNc3ccc(Cl)cc3)CC2)n1. The first-order valence-electron chi connectivity index (χ1n) is 10.8. The number of rotatable bonds is 6. The molecule has 35 heavy (non-hydrogen) atoms. The summed E-state index contributed by atoms with van der Waals surface area (Å²) in [5, 5.41) is 19.3. The summed E-state index contributed by atoms with van der Waals surface area (Å²) in [4.78, 5) is 33.1. The lowest BCUT2D eigenvalue weighted by molar-refractivity contribution is -0.129. The lowest BCUT2D eigenvalue weighted by Gasteiger charge is -2.34. The standard InChI is InChI=1S/C22H21ClN8O3S/c23-14-1-3-15(4-2-14)24-12-20(32)30-7-9-31(10-8-30)21-26-19(13-35-21)34-22(33)25-16-5-6-17-18(11-16)28-29-27-17/h1-6,11,13,24H,7-10,12H2,(H,25,33)(H,27,28,29). The van der Waals surface area contributed by atoms with Crippen LogP contribution in [0.25, 0.3) is 11.0 Å². The summed E-state index contributed by atoms with van der Waals surface area (Å²) < 4.78 is 5.32. The number of amides is 2. The average Bonchev–Trinajstić information content (AvgIpc) is 3.53. The number of halogens is 1. The minimum Gasteiger partial charge on any atom is -0.390 e. The highest BCUT2D eigenvalue weighted by atomic mass is 35.5. The summed E-state index contributed by atoms with van der Waals surface area (Å²) in [5.74, 6) is 0.249. The van der Waals surface area contributed by atoms with E-state index in [4.69, 9.17) is 16.3 Å². The van der Waals surface area contributed by atoms with Gasteiger partial charge in [0.25, 0.3) is 0 Å². The third-order valence-corrected chi connectivity index (χ3v) is 6.55. The van der Waals surface area contributed by atoms with Gasteiger partial charge in [-0.25, -0.2) is 4.79 Å². The number of carbonyl (C=O) groups is 2. The molecule has 5 rings (SSSR count). The van der Waals surface area contributed by atoms with Crippen LogP contribution in [0.5, 0.6) is 5.88 Å². The van der Waals surface area contributed by atoms with Gasteiger partial charge in [0.2, 0.25) is 11.8 Å². The lowest BCUT2D eigenvalue weighted by Crippen LogP contribution is -2.50. The van der Waals surface area contributed by atoms with Gasteiger partial charge in [0.15, 0.2) is 5.13 Å². The molecule has 3 heterocycles. The molecule has 2 aromatic carbocycles. The molecule has 2 amide bonds. The topological polar surface area (TPSA) is 128 Å². The Morgan fingerprint density at radius 2 is 1.77 bits per heavy atom.